The van der Waals surface area contributed by atoms with Crippen LogP contribution < -0.4 is 5.32 Å². The Morgan fingerprint density at radius 2 is 1.88 bits per heavy atom. The van der Waals surface area contributed by atoms with E-state index < -0.39 is 22.3 Å². The number of allylic oxidation sites excluding steroid dienone is 1. The van der Waals surface area contributed by atoms with Gasteiger partial charge in [-0.2, -0.15) is 0 Å². The lowest BCUT2D eigenvalue weighted by atomic mass is 10.2. The van der Waals surface area contributed by atoms with Gasteiger partial charge in [-0.25, -0.2) is 0 Å². The van der Waals surface area contributed by atoms with Crippen LogP contribution in [0.25, 0.3) is 0 Å². The minimum absolute atomic E-state index is 0.208. The summed E-state index contributed by atoms with van der Waals surface area (Å²) in [7, 11) is 0. The Bertz CT molecular complexity index is 858. The highest BCUT2D eigenvalue weighted by atomic mass is 16.6. The van der Waals surface area contributed by atoms with Crippen molar-refractivity contribution in [2.45, 2.75) is 6.92 Å². The number of carbonyl (C=O) groups excluding carboxylic acids is 1. The van der Waals surface area contributed by atoms with Crippen LogP contribution in [-0.2, 0) is 4.79 Å². The van der Waals surface area contributed by atoms with Crippen LogP contribution in [0.2, 0.25) is 0 Å². The zero-order valence-corrected chi connectivity index (χ0v) is 13.1. The molecular formula is C16H14N4O5. The molecule has 0 saturated carbocycles. The number of hydrogen-bond acceptors (Lipinski definition) is 7. The average Bonchev–Trinajstić information content (AvgIpc) is 2.57. The first-order chi connectivity index (χ1) is 11.9. The molecule has 2 rings (SSSR count). The Kier molecular flexibility index (Phi) is 5.41. The van der Waals surface area contributed by atoms with Crippen molar-refractivity contribution < 1.29 is 19.9 Å². The summed E-state index contributed by atoms with van der Waals surface area (Å²) in [5.41, 5.74) is -0.415. The highest BCUT2D eigenvalue weighted by molar-refractivity contribution is 6.03. The second-order valence-corrected chi connectivity index (χ2v) is 4.88. The van der Waals surface area contributed by atoms with Gasteiger partial charge in [-0.3, -0.25) is 14.9 Å². The van der Waals surface area contributed by atoms with Gasteiger partial charge in [0.25, 0.3) is 11.6 Å². The molecule has 0 aliphatic heterocycles. The van der Waals surface area contributed by atoms with Crippen LogP contribution in [0, 0.1) is 10.1 Å². The molecule has 0 fully saturated rings. The number of phenolic OH excluding ortho intramolecular Hbond substituents is 1. The predicted octanol–water partition coefficient (Wildman–Crippen LogP) is 3.81. The molecule has 0 radical (unpaired) electrons. The lowest BCUT2D eigenvalue weighted by molar-refractivity contribution is -0.384. The number of aliphatic hydroxyl groups excluding tert-OH is 1. The number of aromatic hydroxyl groups is 1. The summed E-state index contributed by atoms with van der Waals surface area (Å²) in [5, 5.41) is 39.9. The summed E-state index contributed by atoms with van der Waals surface area (Å²) in [6.07, 6.45) is 0. The first kappa shape index (κ1) is 17.6. The van der Waals surface area contributed by atoms with Crippen molar-refractivity contribution in [3.63, 3.8) is 0 Å². The van der Waals surface area contributed by atoms with E-state index in [1.54, 1.807) is 30.3 Å². The molecule has 9 nitrogen and oxygen atoms in total. The number of phenols is 1. The quantitative estimate of drug-likeness (QED) is 0.249. The molecule has 0 heterocycles. The summed E-state index contributed by atoms with van der Waals surface area (Å²) >= 11 is 0. The maximum atomic E-state index is 12.2. The van der Waals surface area contributed by atoms with Gasteiger partial charge in [-0.1, -0.05) is 18.2 Å². The smallest absolute Gasteiger partial charge is 0.279 e. The number of non-ortho nitro benzene ring substituents is 1. The van der Waals surface area contributed by atoms with Crippen LogP contribution in [0.3, 0.4) is 0 Å². The summed E-state index contributed by atoms with van der Waals surface area (Å²) in [6.45, 7) is 1.24. The van der Waals surface area contributed by atoms with E-state index in [0.717, 1.165) is 18.2 Å². The van der Waals surface area contributed by atoms with Crippen molar-refractivity contribution >= 4 is 23.0 Å². The minimum atomic E-state index is -0.722. The van der Waals surface area contributed by atoms with Crippen molar-refractivity contribution in [3.05, 3.63) is 70.1 Å². The Labute approximate surface area is 142 Å². The number of hydrogen-bond donors (Lipinski definition) is 3. The maximum Gasteiger partial charge on any atom is 0.279 e. The summed E-state index contributed by atoms with van der Waals surface area (Å²) in [5.74, 6) is -1.48. The van der Waals surface area contributed by atoms with E-state index >= 15 is 0 Å². The number of nitro benzene ring substituents is 1. The summed E-state index contributed by atoms with van der Waals surface area (Å²) in [4.78, 5) is 22.3. The molecule has 0 saturated heterocycles. The lowest BCUT2D eigenvalue weighted by Crippen LogP contribution is -2.14. The van der Waals surface area contributed by atoms with Gasteiger partial charge in [0.1, 0.15) is 17.2 Å². The van der Waals surface area contributed by atoms with E-state index in [1.807, 2.05) is 0 Å². The Morgan fingerprint density at radius 3 is 2.48 bits per heavy atom. The van der Waals surface area contributed by atoms with E-state index in [-0.39, 0.29) is 17.1 Å². The van der Waals surface area contributed by atoms with Crippen LogP contribution >= 0.6 is 0 Å². The molecule has 3 N–H and O–H groups in total. The van der Waals surface area contributed by atoms with Gasteiger partial charge in [0, 0.05) is 17.8 Å². The number of nitrogens with one attached hydrogen (secondary N) is 1. The number of azo groups is 1. The van der Waals surface area contributed by atoms with Crippen molar-refractivity contribution in [1.29, 1.82) is 0 Å². The number of amides is 1. The summed E-state index contributed by atoms with van der Waals surface area (Å²) in [6, 6.07) is 11.7. The van der Waals surface area contributed by atoms with Crippen LogP contribution in [-0.4, -0.2) is 21.0 Å². The molecule has 0 aliphatic rings. The molecule has 25 heavy (non-hydrogen) atoms. The van der Waals surface area contributed by atoms with Gasteiger partial charge in [0.2, 0.25) is 0 Å². The molecule has 2 aromatic carbocycles. The van der Waals surface area contributed by atoms with E-state index in [1.165, 1.54) is 6.92 Å². The summed E-state index contributed by atoms with van der Waals surface area (Å²) < 4.78 is 0. The van der Waals surface area contributed by atoms with Gasteiger partial charge >= 0.3 is 0 Å². The topological polar surface area (TPSA) is 137 Å². The normalized spacial score (nSPS) is 11.9. The zero-order valence-electron chi connectivity index (χ0n) is 13.1. The molecule has 0 aromatic heterocycles. The Morgan fingerprint density at radius 1 is 1.20 bits per heavy atom. The third kappa shape index (κ3) is 4.61. The Hall–Kier alpha value is -3.75. The van der Waals surface area contributed by atoms with E-state index in [0.29, 0.717) is 5.69 Å². The monoisotopic (exact) mass is 342 g/mol. The van der Waals surface area contributed by atoms with Gasteiger partial charge in [0.15, 0.2) is 5.70 Å². The van der Waals surface area contributed by atoms with Crippen molar-refractivity contribution in [2.75, 3.05) is 5.32 Å². The van der Waals surface area contributed by atoms with Gasteiger partial charge < -0.3 is 15.5 Å². The Balaban J connectivity index is 2.27. The van der Waals surface area contributed by atoms with Crippen LogP contribution in [0.5, 0.6) is 5.75 Å². The average molecular weight is 342 g/mol. The fraction of sp³-hybridized carbons (Fsp3) is 0.0625. The van der Waals surface area contributed by atoms with Crippen LogP contribution in [0.1, 0.15) is 6.92 Å². The number of carbonyl (C=O) groups is 1. The van der Waals surface area contributed by atoms with Gasteiger partial charge in [-0.15, -0.1) is 10.2 Å². The molecule has 9 heteroatoms. The molecule has 128 valence electrons. The molecular weight excluding hydrogens is 328 g/mol. The first-order valence-corrected chi connectivity index (χ1v) is 7.04. The third-order valence-corrected chi connectivity index (χ3v) is 3.02. The molecule has 0 bridgehead atoms. The van der Waals surface area contributed by atoms with Crippen LogP contribution in [0.15, 0.2) is 70.2 Å². The van der Waals surface area contributed by atoms with E-state index in [9.17, 15) is 25.1 Å². The fourth-order valence-corrected chi connectivity index (χ4v) is 1.80. The molecule has 2 aromatic rings. The van der Waals surface area contributed by atoms with Crippen LogP contribution in [0.4, 0.5) is 17.1 Å². The zero-order chi connectivity index (χ0) is 18.4. The van der Waals surface area contributed by atoms with E-state index in [4.69, 9.17) is 0 Å². The van der Waals surface area contributed by atoms with Gasteiger partial charge in [-0.05, 0) is 25.1 Å². The largest absolute Gasteiger partial charge is 0.510 e. The molecule has 0 aliphatic carbocycles. The second-order valence-electron chi connectivity index (χ2n) is 4.88. The minimum Gasteiger partial charge on any atom is -0.510 e. The number of anilines is 1. The first-order valence-electron chi connectivity index (χ1n) is 7.04. The van der Waals surface area contributed by atoms with E-state index in [2.05, 4.69) is 15.5 Å². The fourth-order valence-electron chi connectivity index (χ4n) is 1.80. The molecule has 0 atom stereocenters. The predicted molar refractivity (Wildman–Crippen MR) is 89.7 cm³/mol. The standard InChI is InChI=1S/C16H14N4O5/c1-10(21)15(16(23)17-11-5-3-2-4-6-11)19-18-13-9-12(20(24)25)7-8-14(13)22/h2-9,21-22H,1H3,(H,17,23)/b15-10-,19-18?. The number of benzene rings is 2. The van der Waals surface area contributed by atoms with Crippen molar-refractivity contribution in [3.8, 4) is 5.75 Å². The highest BCUT2D eigenvalue weighted by Crippen LogP contribution is 2.31. The number of nitro groups is 1. The maximum absolute atomic E-state index is 12.2. The molecule has 0 spiro atoms. The number of aliphatic hydroxyl groups is 1. The third-order valence-electron chi connectivity index (χ3n) is 3.02. The SMILES string of the molecule is C/C(O)=C(/N=Nc1cc([N+](=O)[O-])ccc1O)C(=O)Nc1ccccc1. The van der Waals surface area contributed by atoms with Crippen molar-refractivity contribution in [1.82, 2.24) is 0 Å². The highest BCUT2D eigenvalue weighted by Gasteiger charge is 2.15. The number of nitrogens with zero attached hydrogens (tertiary/aromatic N) is 3. The lowest BCUT2D eigenvalue weighted by Gasteiger charge is -2.05. The number of rotatable bonds is 5. The van der Waals surface area contributed by atoms with Crippen molar-refractivity contribution in [2.24, 2.45) is 10.2 Å². The number of para-hydroxylation sites is 1. The molecule has 1 amide bonds. The van der Waals surface area contributed by atoms with Gasteiger partial charge in [0.05, 0.1) is 4.92 Å². The molecule has 0 unspecified atom stereocenters. The second kappa shape index (κ2) is 7.68.